The molecule has 0 aliphatic carbocycles. The van der Waals surface area contributed by atoms with Gasteiger partial charge in [0.05, 0.1) is 29.4 Å². The van der Waals surface area contributed by atoms with E-state index in [2.05, 4.69) is 20.4 Å². The highest BCUT2D eigenvalue weighted by molar-refractivity contribution is 6.05. The number of aromatic amines is 1. The van der Waals surface area contributed by atoms with E-state index >= 15 is 0 Å². The summed E-state index contributed by atoms with van der Waals surface area (Å²) in [6, 6.07) is 7.09. The first kappa shape index (κ1) is 15.2. The number of rotatable bonds is 5. The van der Waals surface area contributed by atoms with Crippen molar-refractivity contribution < 1.29 is 9.53 Å². The molecule has 2 aromatic heterocycles. The van der Waals surface area contributed by atoms with E-state index in [0.29, 0.717) is 17.7 Å². The van der Waals surface area contributed by atoms with Crippen LogP contribution in [0, 0.1) is 6.92 Å². The second kappa shape index (κ2) is 6.21. The van der Waals surface area contributed by atoms with E-state index in [1.807, 2.05) is 32.2 Å². The molecule has 3 aromatic rings. The largest absolute Gasteiger partial charge is 0.382 e. The second-order valence-electron chi connectivity index (χ2n) is 5.39. The fourth-order valence-corrected chi connectivity index (χ4v) is 2.67. The molecular weight excluding hydrogens is 294 g/mol. The van der Waals surface area contributed by atoms with Crippen LogP contribution in [0.4, 0.5) is 0 Å². The lowest BCUT2D eigenvalue weighted by Gasteiger charge is -2.18. The molecule has 1 atom stereocenters. The standard InChI is InChI=1S/C16H19N5O2/c1-10-18-12-6-4-5-11(15(12)19-10)16(22)20-13(9-23-3)14-7-8-17-21(14)2/h4-8,13H,9H2,1-3H3,(H,18,19)(H,20,22). The van der Waals surface area contributed by atoms with Gasteiger partial charge >= 0.3 is 0 Å². The number of aryl methyl sites for hydroxylation is 2. The molecule has 2 heterocycles. The maximum atomic E-state index is 12.7. The number of hydrogen-bond acceptors (Lipinski definition) is 4. The Morgan fingerprint density at radius 2 is 2.26 bits per heavy atom. The number of amides is 1. The molecule has 0 bridgehead atoms. The molecule has 1 unspecified atom stereocenters. The van der Waals surface area contributed by atoms with Crippen LogP contribution in [0.15, 0.2) is 30.5 Å². The maximum Gasteiger partial charge on any atom is 0.254 e. The van der Waals surface area contributed by atoms with Crippen molar-refractivity contribution in [2.24, 2.45) is 7.05 Å². The average molecular weight is 313 g/mol. The molecule has 0 aliphatic rings. The second-order valence-corrected chi connectivity index (χ2v) is 5.39. The number of imidazole rings is 1. The van der Waals surface area contributed by atoms with Gasteiger partial charge < -0.3 is 15.0 Å². The van der Waals surface area contributed by atoms with Gasteiger partial charge in [0, 0.05) is 20.4 Å². The molecule has 120 valence electrons. The third kappa shape index (κ3) is 2.95. The average Bonchev–Trinajstić information content (AvgIpc) is 3.10. The van der Waals surface area contributed by atoms with Crippen LogP contribution in [-0.4, -0.2) is 39.4 Å². The molecule has 1 aromatic carbocycles. The van der Waals surface area contributed by atoms with Gasteiger partial charge in [0.2, 0.25) is 0 Å². The Balaban J connectivity index is 1.90. The molecule has 7 heteroatoms. The van der Waals surface area contributed by atoms with Crippen LogP contribution in [0.2, 0.25) is 0 Å². The third-order valence-electron chi connectivity index (χ3n) is 3.73. The van der Waals surface area contributed by atoms with Crippen LogP contribution in [0.1, 0.15) is 27.9 Å². The van der Waals surface area contributed by atoms with Gasteiger partial charge in [0.1, 0.15) is 11.3 Å². The predicted octanol–water partition coefficient (Wildman–Crippen LogP) is 1.72. The maximum absolute atomic E-state index is 12.7. The van der Waals surface area contributed by atoms with Crippen LogP contribution >= 0.6 is 0 Å². The monoisotopic (exact) mass is 313 g/mol. The van der Waals surface area contributed by atoms with Crippen LogP contribution in [0.25, 0.3) is 11.0 Å². The summed E-state index contributed by atoms with van der Waals surface area (Å²) >= 11 is 0. The fourth-order valence-electron chi connectivity index (χ4n) is 2.67. The summed E-state index contributed by atoms with van der Waals surface area (Å²) in [5.41, 5.74) is 2.93. The minimum Gasteiger partial charge on any atom is -0.382 e. The minimum atomic E-state index is -0.282. The van der Waals surface area contributed by atoms with Crippen molar-refractivity contribution in [2.75, 3.05) is 13.7 Å². The van der Waals surface area contributed by atoms with E-state index in [9.17, 15) is 4.79 Å². The lowest BCUT2D eigenvalue weighted by Crippen LogP contribution is -2.32. The van der Waals surface area contributed by atoms with E-state index in [1.165, 1.54) is 0 Å². The van der Waals surface area contributed by atoms with Crippen LogP contribution in [0.3, 0.4) is 0 Å². The Morgan fingerprint density at radius 1 is 1.43 bits per heavy atom. The molecule has 2 N–H and O–H groups in total. The van der Waals surface area contributed by atoms with Gasteiger partial charge in [-0.3, -0.25) is 9.48 Å². The van der Waals surface area contributed by atoms with Gasteiger partial charge in [-0.05, 0) is 25.1 Å². The highest BCUT2D eigenvalue weighted by Gasteiger charge is 2.20. The van der Waals surface area contributed by atoms with Crippen molar-refractivity contribution in [1.82, 2.24) is 25.1 Å². The topological polar surface area (TPSA) is 84.8 Å². The van der Waals surface area contributed by atoms with Crippen molar-refractivity contribution in [3.8, 4) is 0 Å². The molecule has 7 nitrogen and oxygen atoms in total. The Labute approximate surface area is 133 Å². The number of benzene rings is 1. The molecule has 0 aliphatic heterocycles. The van der Waals surface area contributed by atoms with Crippen molar-refractivity contribution >= 4 is 16.9 Å². The van der Waals surface area contributed by atoms with E-state index in [0.717, 1.165) is 17.0 Å². The number of nitrogens with one attached hydrogen (secondary N) is 2. The van der Waals surface area contributed by atoms with E-state index in [1.54, 1.807) is 24.1 Å². The normalized spacial score (nSPS) is 12.5. The minimum absolute atomic E-state index is 0.189. The Kier molecular flexibility index (Phi) is 4.12. The molecule has 1 amide bonds. The Morgan fingerprint density at radius 3 is 2.96 bits per heavy atom. The summed E-state index contributed by atoms with van der Waals surface area (Å²) in [6.07, 6.45) is 1.70. The van der Waals surface area contributed by atoms with Gasteiger partial charge in [-0.1, -0.05) is 6.07 Å². The third-order valence-corrected chi connectivity index (χ3v) is 3.73. The smallest absolute Gasteiger partial charge is 0.254 e. The summed E-state index contributed by atoms with van der Waals surface area (Å²) < 4.78 is 6.96. The number of para-hydroxylation sites is 1. The number of H-pyrrole nitrogens is 1. The van der Waals surface area contributed by atoms with Crippen molar-refractivity contribution in [1.29, 1.82) is 0 Å². The number of hydrogen-bond donors (Lipinski definition) is 2. The molecular formula is C16H19N5O2. The number of carbonyl (C=O) groups excluding carboxylic acids is 1. The van der Waals surface area contributed by atoms with Crippen molar-refractivity contribution in [2.45, 2.75) is 13.0 Å². The van der Waals surface area contributed by atoms with E-state index in [4.69, 9.17) is 4.74 Å². The molecule has 0 radical (unpaired) electrons. The number of fused-ring (bicyclic) bond motifs is 1. The predicted molar refractivity (Wildman–Crippen MR) is 86.1 cm³/mol. The first-order chi connectivity index (χ1) is 11.1. The lowest BCUT2D eigenvalue weighted by molar-refractivity contribution is 0.0894. The summed E-state index contributed by atoms with van der Waals surface area (Å²) in [4.78, 5) is 20.3. The molecule has 0 fully saturated rings. The zero-order chi connectivity index (χ0) is 16.4. The zero-order valence-corrected chi connectivity index (χ0v) is 13.3. The fraction of sp³-hybridized carbons (Fsp3) is 0.312. The number of methoxy groups -OCH3 is 1. The Hall–Kier alpha value is -2.67. The SMILES string of the molecule is COCC(NC(=O)c1cccc2[nH]c(C)nc12)c1ccnn1C. The van der Waals surface area contributed by atoms with Gasteiger partial charge in [0.15, 0.2) is 0 Å². The Bertz CT molecular complexity index is 836. The lowest BCUT2D eigenvalue weighted by atomic mass is 10.1. The molecule has 23 heavy (non-hydrogen) atoms. The number of aromatic nitrogens is 4. The van der Waals surface area contributed by atoms with Crippen molar-refractivity contribution in [3.63, 3.8) is 0 Å². The molecule has 3 rings (SSSR count). The zero-order valence-electron chi connectivity index (χ0n) is 13.3. The molecule has 0 saturated carbocycles. The molecule has 0 saturated heterocycles. The van der Waals surface area contributed by atoms with Crippen LogP contribution in [0.5, 0.6) is 0 Å². The number of carbonyl (C=O) groups is 1. The summed E-state index contributed by atoms with van der Waals surface area (Å²) in [5, 5.41) is 7.15. The summed E-state index contributed by atoms with van der Waals surface area (Å²) in [6.45, 7) is 2.23. The van der Waals surface area contributed by atoms with E-state index in [-0.39, 0.29) is 11.9 Å². The highest BCUT2D eigenvalue weighted by Crippen LogP contribution is 2.18. The van der Waals surface area contributed by atoms with Gasteiger partial charge in [-0.25, -0.2) is 4.98 Å². The summed E-state index contributed by atoms with van der Waals surface area (Å²) in [5.74, 6) is 0.589. The summed E-state index contributed by atoms with van der Waals surface area (Å²) in [7, 11) is 3.44. The first-order valence-electron chi connectivity index (χ1n) is 7.33. The quantitative estimate of drug-likeness (QED) is 0.751. The van der Waals surface area contributed by atoms with Gasteiger partial charge in [-0.15, -0.1) is 0 Å². The van der Waals surface area contributed by atoms with Crippen LogP contribution < -0.4 is 5.32 Å². The van der Waals surface area contributed by atoms with Gasteiger partial charge in [-0.2, -0.15) is 5.10 Å². The first-order valence-corrected chi connectivity index (χ1v) is 7.33. The number of nitrogens with zero attached hydrogens (tertiary/aromatic N) is 3. The van der Waals surface area contributed by atoms with Gasteiger partial charge in [0.25, 0.3) is 5.91 Å². The van der Waals surface area contributed by atoms with E-state index < -0.39 is 0 Å². The highest BCUT2D eigenvalue weighted by atomic mass is 16.5. The number of ether oxygens (including phenoxy) is 1. The van der Waals surface area contributed by atoms with Crippen molar-refractivity contribution in [3.05, 3.63) is 47.5 Å². The van der Waals surface area contributed by atoms with Crippen LogP contribution in [-0.2, 0) is 11.8 Å². The molecule has 0 spiro atoms.